The van der Waals surface area contributed by atoms with Crippen molar-refractivity contribution in [3.05, 3.63) is 52.4 Å². The lowest BCUT2D eigenvalue weighted by Crippen LogP contribution is -1.92. The zero-order valence-electron chi connectivity index (χ0n) is 7.95. The average Bonchev–Trinajstić information content (AvgIpc) is 2.26. The molecule has 2 aromatic rings. The normalized spacial score (nSPS) is 10.2. The highest BCUT2D eigenvalue weighted by atomic mass is 35.5. The van der Waals surface area contributed by atoms with Crippen LogP contribution in [0.1, 0.15) is 0 Å². The van der Waals surface area contributed by atoms with Crippen molar-refractivity contribution in [2.75, 3.05) is 0 Å². The first-order valence-corrected chi connectivity index (χ1v) is 5.16. The maximum atomic E-state index is 13.3. The summed E-state index contributed by atoms with van der Waals surface area (Å²) >= 11 is 11.7. The van der Waals surface area contributed by atoms with Gasteiger partial charge in [-0.05, 0) is 24.3 Å². The number of halogens is 3. The zero-order chi connectivity index (χ0) is 11.5. The lowest BCUT2D eigenvalue weighted by molar-refractivity contribution is 0.423. The second-order valence-electron chi connectivity index (χ2n) is 2.94. The van der Waals surface area contributed by atoms with Gasteiger partial charge in [0.1, 0.15) is 0 Å². The molecule has 0 N–H and O–H groups in total. The van der Waals surface area contributed by atoms with E-state index in [2.05, 4.69) is 4.98 Å². The Balaban J connectivity index is 2.38. The van der Waals surface area contributed by atoms with Gasteiger partial charge in [0.25, 0.3) is 5.88 Å². The lowest BCUT2D eigenvalue weighted by atomic mass is 10.3. The fourth-order valence-corrected chi connectivity index (χ4v) is 1.60. The summed E-state index contributed by atoms with van der Waals surface area (Å²) in [5.74, 6) is -0.528. The molecule has 5 heteroatoms. The summed E-state index contributed by atoms with van der Waals surface area (Å²) in [5, 5.41) is 0.607. The Morgan fingerprint density at radius 3 is 2.38 bits per heavy atom. The number of hydrogen-bond acceptors (Lipinski definition) is 2. The van der Waals surface area contributed by atoms with E-state index >= 15 is 0 Å². The van der Waals surface area contributed by atoms with Crippen LogP contribution in [-0.4, -0.2) is 4.98 Å². The van der Waals surface area contributed by atoms with Crippen LogP contribution in [0.15, 0.2) is 36.5 Å². The number of nitrogens with zero attached hydrogens (tertiary/aromatic N) is 1. The standard InChI is InChI=1S/C11H6Cl2FNO/c12-7-3-1-4-8(13)10(7)16-11-9(14)5-2-6-15-11/h1-6H. The van der Waals surface area contributed by atoms with Crippen LogP contribution in [0.3, 0.4) is 0 Å². The van der Waals surface area contributed by atoms with Crippen molar-refractivity contribution in [3.63, 3.8) is 0 Å². The maximum absolute atomic E-state index is 13.3. The first-order chi connectivity index (χ1) is 7.68. The lowest BCUT2D eigenvalue weighted by Gasteiger charge is -2.08. The molecule has 0 fully saturated rings. The first kappa shape index (κ1) is 11.2. The molecule has 2 nitrogen and oxygen atoms in total. The van der Waals surface area contributed by atoms with Crippen molar-refractivity contribution in [2.24, 2.45) is 0 Å². The summed E-state index contributed by atoms with van der Waals surface area (Å²) in [6, 6.07) is 7.59. The smallest absolute Gasteiger partial charge is 0.255 e. The topological polar surface area (TPSA) is 22.1 Å². The van der Waals surface area contributed by atoms with E-state index < -0.39 is 5.82 Å². The van der Waals surface area contributed by atoms with Crippen LogP contribution in [0.2, 0.25) is 10.0 Å². The number of hydrogen-bond donors (Lipinski definition) is 0. The number of benzene rings is 1. The fourth-order valence-electron chi connectivity index (χ4n) is 1.12. The van der Waals surface area contributed by atoms with E-state index in [0.717, 1.165) is 0 Å². The van der Waals surface area contributed by atoms with E-state index in [4.69, 9.17) is 27.9 Å². The minimum Gasteiger partial charge on any atom is -0.433 e. The number of para-hydroxylation sites is 1. The van der Waals surface area contributed by atoms with Crippen molar-refractivity contribution in [1.82, 2.24) is 4.98 Å². The fraction of sp³-hybridized carbons (Fsp3) is 0. The Bertz CT molecular complexity index is 499. The quantitative estimate of drug-likeness (QED) is 0.800. The Kier molecular flexibility index (Phi) is 3.27. The molecule has 1 heterocycles. The third-order valence-electron chi connectivity index (χ3n) is 1.84. The van der Waals surface area contributed by atoms with Crippen molar-refractivity contribution < 1.29 is 9.13 Å². The van der Waals surface area contributed by atoms with Gasteiger partial charge in [-0.1, -0.05) is 29.3 Å². The molecule has 0 radical (unpaired) electrons. The Labute approximate surface area is 102 Å². The van der Waals surface area contributed by atoms with Crippen molar-refractivity contribution in [3.8, 4) is 11.6 Å². The summed E-state index contributed by atoms with van der Waals surface area (Å²) in [6.07, 6.45) is 1.42. The maximum Gasteiger partial charge on any atom is 0.255 e. The van der Waals surface area contributed by atoms with Crippen LogP contribution >= 0.6 is 23.2 Å². The third-order valence-corrected chi connectivity index (χ3v) is 2.44. The minimum atomic E-state index is -0.571. The monoisotopic (exact) mass is 257 g/mol. The number of aromatic nitrogens is 1. The summed E-state index contributed by atoms with van der Waals surface area (Å²) in [5.41, 5.74) is 0. The van der Waals surface area contributed by atoms with Crippen LogP contribution < -0.4 is 4.74 Å². The molecule has 0 saturated carbocycles. The van der Waals surface area contributed by atoms with Crippen molar-refractivity contribution in [1.29, 1.82) is 0 Å². The van der Waals surface area contributed by atoms with E-state index in [1.165, 1.54) is 18.3 Å². The van der Waals surface area contributed by atoms with Gasteiger partial charge in [-0.15, -0.1) is 0 Å². The van der Waals surface area contributed by atoms with Crippen LogP contribution in [0, 0.1) is 5.82 Å². The van der Waals surface area contributed by atoms with E-state index in [9.17, 15) is 4.39 Å². The van der Waals surface area contributed by atoms with Gasteiger partial charge in [0, 0.05) is 6.20 Å². The highest BCUT2D eigenvalue weighted by Gasteiger charge is 2.11. The first-order valence-electron chi connectivity index (χ1n) is 4.41. The summed E-state index contributed by atoms with van der Waals surface area (Å²) in [7, 11) is 0. The molecule has 2 rings (SSSR count). The Morgan fingerprint density at radius 1 is 1.06 bits per heavy atom. The second-order valence-corrected chi connectivity index (χ2v) is 3.76. The predicted octanol–water partition coefficient (Wildman–Crippen LogP) is 4.32. The molecule has 1 aromatic carbocycles. The largest absolute Gasteiger partial charge is 0.433 e. The van der Waals surface area contributed by atoms with Gasteiger partial charge in [-0.3, -0.25) is 0 Å². The highest BCUT2D eigenvalue weighted by Crippen LogP contribution is 2.35. The molecule has 82 valence electrons. The number of rotatable bonds is 2. The Morgan fingerprint density at radius 2 is 1.75 bits per heavy atom. The summed E-state index contributed by atoms with van der Waals surface area (Å²) in [4.78, 5) is 3.74. The van der Waals surface area contributed by atoms with Crippen molar-refractivity contribution in [2.45, 2.75) is 0 Å². The molecular weight excluding hydrogens is 252 g/mol. The van der Waals surface area contributed by atoms with Crippen LogP contribution in [-0.2, 0) is 0 Å². The van der Waals surface area contributed by atoms with E-state index in [1.54, 1.807) is 18.2 Å². The molecular formula is C11H6Cl2FNO. The molecule has 0 saturated heterocycles. The summed E-state index contributed by atoms with van der Waals surface area (Å²) < 4.78 is 18.5. The van der Waals surface area contributed by atoms with Gasteiger partial charge in [0.2, 0.25) is 0 Å². The summed E-state index contributed by atoms with van der Waals surface area (Å²) in [6.45, 7) is 0. The molecule has 0 spiro atoms. The van der Waals surface area contributed by atoms with Crippen molar-refractivity contribution >= 4 is 23.2 Å². The molecule has 0 atom stereocenters. The minimum absolute atomic E-state index is 0.155. The third kappa shape index (κ3) is 2.26. The second kappa shape index (κ2) is 4.68. The molecule has 0 aliphatic rings. The van der Waals surface area contributed by atoms with E-state index in [-0.39, 0.29) is 11.6 Å². The van der Waals surface area contributed by atoms with Gasteiger partial charge in [0.05, 0.1) is 10.0 Å². The molecule has 0 aliphatic heterocycles. The van der Waals surface area contributed by atoms with Crippen LogP contribution in [0.4, 0.5) is 4.39 Å². The number of ether oxygens (including phenoxy) is 1. The Hall–Kier alpha value is -1.32. The van der Waals surface area contributed by atoms with Crippen LogP contribution in [0.25, 0.3) is 0 Å². The van der Waals surface area contributed by atoms with Gasteiger partial charge in [-0.2, -0.15) is 0 Å². The molecule has 0 amide bonds. The molecule has 0 unspecified atom stereocenters. The zero-order valence-corrected chi connectivity index (χ0v) is 9.47. The average molecular weight is 258 g/mol. The van der Waals surface area contributed by atoms with Gasteiger partial charge in [-0.25, -0.2) is 9.37 Å². The molecule has 16 heavy (non-hydrogen) atoms. The van der Waals surface area contributed by atoms with Crippen LogP contribution in [0.5, 0.6) is 11.6 Å². The van der Waals surface area contributed by atoms with Gasteiger partial charge >= 0.3 is 0 Å². The number of pyridine rings is 1. The SMILES string of the molecule is Fc1cccnc1Oc1c(Cl)cccc1Cl. The molecule has 0 bridgehead atoms. The molecule has 1 aromatic heterocycles. The van der Waals surface area contributed by atoms with Gasteiger partial charge < -0.3 is 4.74 Å². The van der Waals surface area contributed by atoms with Gasteiger partial charge in [0.15, 0.2) is 11.6 Å². The van der Waals surface area contributed by atoms with E-state index in [1.807, 2.05) is 0 Å². The highest BCUT2D eigenvalue weighted by molar-refractivity contribution is 6.37. The van der Waals surface area contributed by atoms with E-state index in [0.29, 0.717) is 10.0 Å². The predicted molar refractivity (Wildman–Crippen MR) is 60.7 cm³/mol. The molecule has 0 aliphatic carbocycles.